The molecule has 0 saturated heterocycles. The van der Waals surface area contributed by atoms with Crippen LogP contribution in [0.1, 0.15) is 16.2 Å². The van der Waals surface area contributed by atoms with Crippen LogP contribution < -0.4 is 5.32 Å². The van der Waals surface area contributed by atoms with Crippen molar-refractivity contribution in [2.45, 2.75) is 6.54 Å². The summed E-state index contributed by atoms with van der Waals surface area (Å²) in [6, 6.07) is 0. The molecule has 0 saturated carbocycles. The monoisotopic (exact) mass is 241 g/mol. The van der Waals surface area contributed by atoms with E-state index in [1.807, 2.05) is 5.38 Å². The van der Waals surface area contributed by atoms with Gasteiger partial charge >= 0.3 is 5.97 Å². The van der Waals surface area contributed by atoms with E-state index >= 15 is 0 Å². The number of carboxylic acid groups (broad SMARTS) is 1. The third-order valence-corrected chi connectivity index (χ3v) is 3.10. The molecule has 2 heterocycles. The number of hydrogen-bond donors (Lipinski definition) is 2. The van der Waals surface area contributed by atoms with E-state index in [1.165, 1.54) is 28.2 Å². The first-order valence-corrected chi connectivity index (χ1v) is 5.87. The molecule has 2 rings (SSSR count). The third-order valence-electron chi connectivity index (χ3n) is 1.68. The molecule has 0 bridgehead atoms. The third kappa shape index (κ3) is 2.31. The molecule has 15 heavy (non-hydrogen) atoms. The Labute approximate surface area is 93.4 Å². The van der Waals surface area contributed by atoms with Gasteiger partial charge in [0.15, 0.2) is 5.69 Å². The Balaban J connectivity index is 2.05. The molecule has 0 aliphatic rings. The summed E-state index contributed by atoms with van der Waals surface area (Å²) in [5.74, 6) is -1.02. The van der Waals surface area contributed by atoms with Gasteiger partial charge in [0.05, 0.1) is 23.3 Å². The Bertz CT molecular complexity index is 452. The Morgan fingerprint density at radius 2 is 2.33 bits per heavy atom. The number of carboxylic acids is 1. The highest BCUT2D eigenvalue weighted by Crippen LogP contribution is 2.20. The molecule has 0 radical (unpaired) electrons. The van der Waals surface area contributed by atoms with Gasteiger partial charge in [-0.15, -0.1) is 22.7 Å². The fraction of sp³-hybridized carbons (Fsp3) is 0.125. The lowest BCUT2D eigenvalue weighted by Crippen LogP contribution is -2.04. The van der Waals surface area contributed by atoms with Gasteiger partial charge in [0.1, 0.15) is 5.00 Å². The maximum Gasteiger partial charge on any atom is 0.357 e. The minimum absolute atomic E-state index is 0.0650. The summed E-state index contributed by atoms with van der Waals surface area (Å²) in [7, 11) is 0. The summed E-state index contributed by atoms with van der Waals surface area (Å²) in [6.45, 7) is 0.520. The Morgan fingerprint density at radius 1 is 1.47 bits per heavy atom. The number of rotatable bonds is 4. The molecule has 7 heteroatoms. The lowest BCUT2D eigenvalue weighted by Gasteiger charge is -2.00. The minimum Gasteiger partial charge on any atom is -0.476 e. The number of thiazole rings is 2. The van der Waals surface area contributed by atoms with Gasteiger partial charge in [-0.25, -0.2) is 14.8 Å². The van der Waals surface area contributed by atoms with Gasteiger partial charge < -0.3 is 10.4 Å². The number of carbonyl (C=O) groups is 1. The topological polar surface area (TPSA) is 75.1 Å². The zero-order valence-corrected chi connectivity index (χ0v) is 9.14. The zero-order valence-electron chi connectivity index (χ0n) is 7.51. The molecule has 0 unspecified atom stereocenters. The van der Waals surface area contributed by atoms with Crippen molar-refractivity contribution in [2.24, 2.45) is 0 Å². The molecule has 0 atom stereocenters. The van der Waals surface area contributed by atoms with Crippen molar-refractivity contribution in [3.05, 3.63) is 27.8 Å². The molecule has 78 valence electrons. The summed E-state index contributed by atoms with van der Waals surface area (Å²) in [6.07, 6.45) is 0. The number of hydrogen-bond acceptors (Lipinski definition) is 6. The predicted octanol–water partition coefficient (Wildman–Crippen LogP) is 1.91. The van der Waals surface area contributed by atoms with Crippen LogP contribution in [0.5, 0.6) is 0 Å². The van der Waals surface area contributed by atoms with E-state index < -0.39 is 5.97 Å². The summed E-state index contributed by atoms with van der Waals surface area (Å²) in [5, 5.41) is 14.3. The number of aromatic carboxylic acids is 1. The highest BCUT2D eigenvalue weighted by Gasteiger charge is 2.12. The first-order valence-electron chi connectivity index (χ1n) is 4.05. The second kappa shape index (κ2) is 4.37. The average Bonchev–Trinajstić information content (AvgIpc) is 2.86. The largest absolute Gasteiger partial charge is 0.476 e. The van der Waals surface area contributed by atoms with Crippen LogP contribution in [0.25, 0.3) is 0 Å². The van der Waals surface area contributed by atoms with Crippen LogP contribution in [0.3, 0.4) is 0 Å². The quantitative estimate of drug-likeness (QED) is 0.855. The van der Waals surface area contributed by atoms with Crippen molar-refractivity contribution in [3.63, 3.8) is 0 Å². The standard InChI is InChI=1S/C8H7N3O2S2/c12-8(13)6-7(15-4-11-6)9-1-5-2-14-3-10-5/h2-4,9H,1H2,(H,12,13). The summed E-state index contributed by atoms with van der Waals surface area (Å²) < 4.78 is 0. The van der Waals surface area contributed by atoms with E-state index in [9.17, 15) is 4.79 Å². The Morgan fingerprint density at radius 3 is 3.00 bits per heavy atom. The maximum absolute atomic E-state index is 10.7. The Kier molecular flexibility index (Phi) is 2.93. The first-order chi connectivity index (χ1) is 7.27. The van der Waals surface area contributed by atoms with Gasteiger partial charge in [-0.1, -0.05) is 0 Å². The van der Waals surface area contributed by atoms with Crippen LogP contribution in [0, 0.1) is 0 Å². The SMILES string of the molecule is O=C(O)c1ncsc1NCc1cscn1. The maximum atomic E-state index is 10.7. The van der Waals surface area contributed by atoms with E-state index in [2.05, 4.69) is 15.3 Å². The summed E-state index contributed by atoms with van der Waals surface area (Å²) >= 11 is 2.78. The van der Waals surface area contributed by atoms with E-state index in [-0.39, 0.29) is 5.69 Å². The predicted molar refractivity (Wildman–Crippen MR) is 58.5 cm³/mol. The highest BCUT2D eigenvalue weighted by molar-refractivity contribution is 7.14. The second-order valence-corrected chi connectivity index (χ2v) is 4.24. The van der Waals surface area contributed by atoms with Crippen molar-refractivity contribution in [1.29, 1.82) is 0 Å². The van der Waals surface area contributed by atoms with Crippen LogP contribution in [-0.4, -0.2) is 21.0 Å². The molecule has 0 spiro atoms. The van der Waals surface area contributed by atoms with Crippen LogP contribution >= 0.6 is 22.7 Å². The molecule has 0 aliphatic heterocycles. The molecular weight excluding hydrogens is 234 g/mol. The van der Waals surface area contributed by atoms with E-state index in [4.69, 9.17) is 5.11 Å². The highest BCUT2D eigenvalue weighted by atomic mass is 32.1. The zero-order chi connectivity index (χ0) is 10.7. The van der Waals surface area contributed by atoms with Crippen LogP contribution in [0.15, 0.2) is 16.4 Å². The van der Waals surface area contributed by atoms with E-state index in [0.717, 1.165) is 5.69 Å². The number of nitrogens with zero attached hydrogens (tertiary/aromatic N) is 2. The van der Waals surface area contributed by atoms with Crippen LogP contribution in [0.4, 0.5) is 5.00 Å². The van der Waals surface area contributed by atoms with E-state index in [1.54, 1.807) is 5.51 Å². The normalized spacial score (nSPS) is 10.1. The average molecular weight is 241 g/mol. The van der Waals surface area contributed by atoms with Crippen molar-refractivity contribution in [2.75, 3.05) is 5.32 Å². The lowest BCUT2D eigenvalue weighted by molar-refractivity contribution is 0.0692. The van der Waals surface area contributed by atoms with Gasteiger partial charge in [0.2, 0.25) is 0 Å². The molecule has 0 amide bonds. The molecule has 0 aliphatic carbocycles. The summed E-state index contributed by atoms with van der Waals surface area (Å²) in [4.78, 5) is 18.6. The lowest BCUT2D eigenvalue weighted by atomic mass is 10.4. The fourth-order valence-electron chi connectivity index (χ4n) is 1.02. The number of nitrogens with one attached hydrogen (secondary N) is 1. The smallest absolute Gasteiger partial charge is 0.357 e. The minimum atomic E-state index is -1.02. The fourth-order valence-corrected chi connectivity index (χ4v) is 2.25. The summed E-state index contributed by atoms with van der Waals surface area (Å²) in [5.41, 5.74) is 4.20. The van der Waals surface area contributed by atoms with Gasteiger partial charge in [-0.05, 0) is 0 Å². The second-order valence-electron chi connectivity index (χ2n) is 2.67. The molecule has 2 aromatic rings. The molecule has 0 fully saturated rings. The van der Waals surface area contributed by atoms with Gasteiger partial charge in [-0.3, -0.25) is 0 Å². The van der Waals surface area contributed by atoms with Crippen molar-refractivity contribution >= 4 is 33.6 Å². The van der Waals surface area contributed by atoms with Gasteiger partial charge in [0.25, 0.3) is 0 Å². The molecule has 5 nitrogen and oxygen atoms in total. The molecule has 2 N–H and O–H groups in total. The van der Waals surface area contributed by atoms with Gasteiger partial charge in [0, 0.05) is 5.38 Å². The Hall–Kier alpha value is -1.47. The van der Waals surface area contributed by atoms with Crippen LogP contribution in [0.2, 0.25) is 0 Å². The molecule has 0 aromatic carbocycles. The molecular formula is C8H7N3O2S2. The van der Waals surface area contributed by atoms with Crippen molar-refractivity contribution < 1.29 is 9.90 Å². The van der Waals surface area contributed by atoms with Gasteiger partial charge in [-0.2, -0.15) is 0 Å². The first kappa shape index (κ1) is 10.1. The molecule has 2 aromatic heterocycles. The van der Waals surface area contributed by atoms with Crippen LogP contribution in [-0.2, 0) is 6.54 Å². The van der Waals surface area contributed by atoms with E-state index in [0.29, 0.717) is 11.5 Å². The number of anilines is 1. The number of aromatic nitrogens is 2. The van der Waals surface area contributed by atoms with Crippen molar-refractivity contribution in [3.8, 4) is 0 Å². The van der Waals surface area contributed by atoms with Crippen molar-refractivity contribution in [1.82, 2.24) is 9.97 Å².